The number of Topliss-reactive ketones (excluding diaryl/α,β-unsaturated/α-hetero) is 1. The Labute approximate surface area is 182 Å². The first kappa shape index (κ1) is 26.3. The number of hydrogen-bond acceptors (Lipinski definition) is 4. The molecule has 0 aliphatic carbocycles. The van der Waals surface area contributed by atoms with Crippen molar-refractivity contribution >= 4 is 21.5 Å². The number of sulfone groups is 1. The number of benzene rings is 1. The van der Waals surface area contributed by atoms with E-state index < -0.39 is 9.84 Å². The van der Waals surface area contributed by atoms with Crippen LogP contribution in [0.1, 0.15) is 91.6 Å². The van der Waals surface area contributed by atoms with Crippen LogP contribution in [0.2, 0.25) is 0 Å². The fourth-order valence-electron chi connectivity index (χ4n) is 3.65. The fourth-order valence-corrected chi connectivity index (χ4v) is 4.73. The van der Waals surface area contributed by atoms with Crippen LogP contribution in [0.25, 0.3) is 0 Å². The summed E-state index contributed by atoms with van der Waals surface area (Å²) in [5, 5.41) is 2.62. The quantitative estimate of drug-likeness (QED) is 0.515. The zero-order valence-corrected chi connectivity index (χ0v) is 20.8. The van der Waals surface area contributed by atoms with Crippen LogP contribution in [-0.2, 0) is 21.1 Å². The van der Waals surface area contributed by atoms with Gasteiger partial charge in [-0.25, -0.2) is 8.42 Å². The van der Waals surface area contributed by atoms with Crippen LogP contribution in [0.4, 0.5) is 0 Å². The van der Waals surface area contributed by atoms with Gasteiger partial charge in [-0.15, -0.1) is 0 Å². The molecule has 1 aromatic carbocycles. The van der Waals surface area contributed by atoms with Gasteiger partial charge in [-0.1, -0.05) is 6.42 Å². The predicted octanol–water partition coefficient (Wildman–Crippen LogP) is 4.55. The van der Waals surface area contributed by atoms with Crippen molar-refractivity contribution in [2.45, 2.75) is 98.8 Å². The van der Waals surface area contributed by atoms with Gasteiger partial charge in [-0.05, 0) is 96.0 Å². The molecule has 0 unspecified atom stereocenters. The third-order valence-corrected chi connectivity index (χ3v) is 8.20. The van der Waals surface area contributed by atoms with E-state index in [1.165, 1.54) is 0 Å². The molecule has 30 heavy (non-hydrogen) atoms. The SMILES string of the molecule is Cc1c(C)c(C(=O)NC(C)C)c(C)c(C)c1CC(=O)CCCCCS(=O)(=O)C(C)C. The van der Waals surface area contributed by atoms with E-state index in [1.54, 1.807) is 13.8 Å². The molecular weight excluding hydrogens is 398 g/mol. The van der Waals surface area contributed by atoms with Crippen molar-refractivity contribution in [3.05, 3.63) is 33.4 Å². The highest BCUT2D eigenvalue weighted by Crippen LogP contribution is 2.28. The molecule has 5 nitrogen and oxygen atoms in total. The van der Waals surface area contributed by atoms with E-state index in [9.17, 15) is 18.0 Å². The highest BCUT2D eigenvalue weighted by Gasteiger charge is 2.21. The van der Waals surface area contributed by atoms with E-state index in [0.29, 0.717) is 31.2 Å². The molecule has 170 valence electrons. The van der Waals surface area contributed by atoms with Crippen molar-refractivity contribution in [1.29, 1.82) is 0 Å². The van der Waals surface area contributed by atoms with Crippen molar-refractivity contribution in [2.75, 3.05) is 5.75 Å². The Hall–Kier alpha value is -1.69. The lowest BCUT2D eigenvalue weighted by Gasteiger charge is -2.21. The third kappa shape index (κ3) is 6.93. The Kier molecular flexibility index (Phi) is 9.73. The summed E-state index contributed by atoms with van der Waals surface area (Å²) in [6, 6.07) is 0.0636. The monoisotopic (exact) mass is 437 g/mol. The van der Waals surface area contributed by atoms with Gasteiger partial charge in [0.25, 0.3) is 5.91 Å². The molecule has 1 rings (SSSR count). The average Bonchev–Trinajstić information content (AvgIpc) is 2.62. The first-order chi connectivity index (χ1) is 13.8. The number of rotatable bonds is 11. The Bertz CT molecular complexity index is 854. The molecule has 0 heterocycles. The van der Waals surface area contributed by atoms with Crippen LogP contribution in [0, 0.1) is 27.7 Å². The molecule has 1 N–H and O–H groups in total. The number of ketones is 1. The zero-order valence-electron chi connectivity index (χ0n) is 19.9. The molecule has 0 saturated carbocycles. The molecule has 6 heteroatoms. The summed E-state index contributed by atoms with van der Waals surface area (Å²) in [6.07, 6.45) is 2.85. The van der Waals surface area contributed by atoms with Crippen LogP contribution >= 0.6 is 0 Å². The molecule has 0 fully saturated rings. The van der Waals surface area contributed by atoms with Crippen molar-refractivity contribution in [1.82, 2.24) is 5.32 Å². The molecule has 0 radical (unpaired) electrons. The standard InChI is InChI=1S/C24H39NO4S/c1-15(2)25-24(27)23-19(7)17(5)22(18(6)20(23)8)14-21(26)12-10-9-11-13-30(28,29)16(3)4/h15-16H,9-14H2,1-8H3,(H,25,27). The van der Waals surface area contributed by atoms with Crippen molar-refractivity contribution in [2.24, 2.45) is 0 Å². The minimum atomic E-state index is -3.00. The van der Waals surface area contributed by atoms with Crippen molar-refractivity contribution in [3.63, 3.8) is 0 Å². The highest BCUT2D eigenvalue weighted by atomic mass is 32.2. The van der Waals surface area contributed by atoms with Gasteiger partial charge in [-0.3, -0.25) is 9.59 Å². The van der Waals surface area contributed by atoms with Crippen LogP contribution in [0.5, 0.6) is 0 Å². The molecule has 0 aromatic heterocycles. The van der Waals surface area contributed by atoms with Gasteiger partial charge in [-0.2, -0.15) is 0 Å². The first-order valence-electron chi connectivity index (χ1n) is 10.9. The zero-order chi connectivity index (χ0) is 23.2. The molecule has 0 spiro atoms. The van der Waals surface area contributed by atoms with Gasteiger partial charge in [0.1, 0.15) is 5.78 Å². The van der Waals surface area contributed by atoms with Crippen LogP contribution < -0.4 is 5.32 Å². The Morgan fingerprint density at radius 1 is 0.833 bits per heavy atom. The minimum absolute atomic E-state index is 0.0636. The van der Waals surface area contributed by atoms with Gasteiger partial charge < -0.3 is 5.32 Å². The Morgan fingerprint density at radius 2 is 1.37 bits per heavy atom. The number of carbonyl (C=O) groups is 2. The van der Waals surface area contributed by atoms with Gasteiger partial charge >= 0.3 is 0 Å². The summed E-state index contributed by atoms with van der Waals surface area (Å²) < 4.78 is 23.7. The number of nitrogens with one attached hydrogen (secondary N) is 1. The predicted molar refractivity (Wildman–Crippen MR) is 124 cm³/mol. The van der Waals surface area contributed by atoms with E-state index in [2.05, 4.69) is 5.32 Å². The van der Waals surface area contributed by atoms with Crippen LogP contribution in [0.3, 0.4) is 0 Å². The maximum absolute atomic E-state index is 12.6. The smallest absolute Gasteiger partial charge is 0.252 e. The first-order valence-corrected chi connectivity index (χ1v) is 12.6. The van der Waals surface area contributed by atoms with Crippen molar-refractivity contribution < 1.29 is 18.0 Å². The summed E-state index contributed by atoms with van der Waals surface area (Å²) in [5.74, 6) is 0.279. The lowest BCUT2D eigenvalue weighted by atomic mass is 9.86. The summed E-state index contributed by atoms with van der Waals surface area (Å²) in [4.78, 5) is 25.2. The minimum Gasteiger partial charge on any atom is -0.350 e. The number of hydrogen-bond donors (Lipinski definition) is 1. The molecule has 1 aromatic rings. The largest absolute Gasteiger partial charge is 0.350 e. The second-order valence-corrected chi connectivity index (χ2v) is 11.6. The van der Waals surface area contributed by atoms with E-state index in [0.717, 1.165) is 34.2 Å². The Morgan fingerprint density at radius 3 is 1.83 bits per heavy atom. The summed E-state index contributed by atoms with van der Waals surface area (Å²) in [7, 11) is -3.00. The summed E-state index contributed by atoms with van der Waals surface area (Å²) >= 11 is 0. The summed E-state index contributed by atoms with van der Waals surface area (Å²) in [6.45, 7) is 15.1. The number of carbonyl (C=O) groups excluding carboxylic acids is 2. The number of amides is 1. The molecule has 1 amide bonds. The highest BCUT2D eigenvalue weighted by molar-refractivity contribution is 7.91. The second-order valence-electron chi connectivity index (χ2n) is 8.92. The van der Waals surface area contributed by atoms with E-state index >= 15 is 0 Å². The normalized spacial score (nSPS) is 11.9. The third-order valence-electron chi connectivity index (χ3n) is 5.90. The van der Waals surface area contributed by atoms with Gasteiger partial charge in [0.05, 0.1) is 11.0 Å². The summed E-state index contributed by atoms with van der Waals surface area (Å²) in [5.41, 5.74) is 5.59. The Balaban J connectivity index is 2.80. The maximum Gasteiger partial charge on any atom is 0.252 e. The molecule has 0 bridgehead atoms. The second kappa shape index (κ2) is 11.1. The van der Waals surface area contributed by atoms with Gasteiger partial charge in [0, 0.05) is 24.4 Å². The van der Waals surface area contributed by atoms with E-state index in [-0.39, 0.29) is 28.7 Å². The van der Waals surface area contributed by atoms with Crippen LogP contribution in [-0.4, -0.2) is 37.2 Å². The van der Waals surface area contributed by atoms with Crippen molar-refractivity contribution in [3.8, 4) is 0 Å². The molecule has 0 aliphatic heterocycles. The lowest BCUT2D eigenvalue weighted by molar-refractivity contribution is -0.118. The average molecular weight is 438 g/mol. The molecular formula is C24H39NO4S. The van der Waals surface area contributed by atoms with E-state index in [1.807, 2.05) is 41.5 Å². The lowest BCUT2D eigenvalue weighted by Crippen LogP contribution is -2.31. The maximum atomic E-state index is 12.6. The topological polar surface area (TPSA) is 80.3 Å². The molecule has 0 aliphatic rings. The molecule has 0 atom stereocenters. The van der Waals surface area contributed by atoms with Gasteiger partial charge in [0.2, 0.25) is 0 Å². The molecule has 0 saturated heterocycles. The number of unbranched alkanes of at least 4 members (excludes halogenated alkanes) is 2. The van der Waals surface area contributed by atoms with Gasteiger partial charge in [0.15, 0.2) is 9.84 Å². The fraction of sp³-hybridized carbons (Fsp3) is 0.667. The van der Waals surface area contributed by atoms with Crippen LogP contribution in [0.15, 0.2) is 0 Å². The van der Waals surface area contributed by atoms with E-state index in [4.69, 9.17) is 0 Å².